The number of hydrogen-bond donors (Lipinski definition) is 3. The van der Waals surface area contributed by atoms with Crippen LogP contribution in [0.15, 0.2) is 53.5 Å². The molecule has 0 spiro atoms. The highest BCUT2D eigenvalue weighted by molar-refractivity contribution is 5.97. The maximum atomic E-state index is 11.9. The van der Waals surface area contributed by atoms with Gasteiger partial charge in [-0.2, -0.15) is 0 Å². The predicted octanol–water partition coefficient (Wildman–Crippen LogP) is 2.34. The number of carbonyl (C=O) groups is 1. The van der Waals surface area contributed by atoms with Crippen LogP contribution < -0.4 is 16.4 Å². The molecule has 0 aromatic heterocycles. The zero-order valence-electron chi connectivity index (χ0n) is 12.8. The van der Waals surface area contributed by atoms with Crippen LogP contribution in [0, 0.1) is 19.3 Å². The van der Waals surface area contributed by atoms with Gasteiger partial charge < -0.3 is 16.4 Å². The summed E-state index contributed by atoms with van der Waals surface area (Å²) in [7, 11) is 0. The Morgan fingerprint density at radius 3 is 2.57 bits per heavy atom. The van der Waals surface area contributed by atoms with Crippen molar-refractivity contribution in [2.45, 2.75) is 6.92 Å². The van der Waals surface area contributed by atoms with E-state index in [9.17, 15) is 4.79 Å². The highest BCUT2D eigenvalue weighted by Crippen LogP contribution is 2.10. The van der Waals surface area contributed by atoms with Crippen LogP contribution in [-0.4, -0.2) is 18.4 Å². The van der Waals surface area contributed by atoms with E-state index in [1.807, 2.05) is 31.2 Å². The molecule has 0 saturated carbocycles. The molecule has 23 heavy (non-hydrogen) atoms. The standard InChI is InChI=1S/C18H18N4O/c1-3-14-7-5-9-16(11-14)21-17(23)12-20-18(19)22-15-8-4-6-13(2)10-15/h1,4-11H,12H2,2H3,(H,21,23)(H3,19,20,22). The average Bonchev–Trinajstić information content (AvgIpc) is 2.53. The first kappa shape index (κ1) is 16.1. The second-order valence-corrected chi connectivity index (χ2v) is 4.97. The minimum Gasteiger partial charge on any atom is -0.370 e. The Bertz CT molecular complexity index is 775. The molecule has 0 aliphatic rings. The summed E-state index contributed by atoms with van der Waals surface area (Å²) in [4.78, 5) is 15.9. The van der Waals surface area contributed by atoms with Crippen LogP contribution in [0.2, 0.25) is 0 Å². The van der Waals surface area contributed by atoms with Gasteiger partial charge in [-0.05, 0) is 42.8 Å². The van der Waals surface area contributed by atoms with Gasteiger partial charge in [0, 0.05) is 16.9 Å². The molecule has 5 heteroatoms. The van der Waals surface area contributed by atoms with Crippen LogP contribution in [0.5, 0.6) is 0 Å². The van der Waals surface area contributed by atoms with Crippen molar-refractivity contribution in [1.29, 1.82) is 0 Å². The number of benzene rings is 2. The van der Waals surface area contributed by atoms with E-state index in [1.165, 1.54) is 0 Å². The molecule has 5 nitrogen and oxygen atoms in total. The van der Waals surface area contributed by atoms with Crippen molar-refractivity contribution in [3.8, 4) is 12.3 Å². The summed E-state index contributed by atoms with van der Waals surface area (Å²) in [5.74, 6) is 2.43. The van der Waals surface area contributed by atoms with Gasteiger partial charge in [0.2, 0.25) is 5.91 Å². The SMILES string of the molecule is C#Cc1cccc(NC(=O)CN=C(N)Nc2cccc(C)c2)c1. The quantitative estimate of drug-likeness (QED) is 0.461. The van der Waals surface area contributed by atoms with Crippen molar-refractivity contribution in [2.24, 2.45) is 10.7 Å². The number of nitrogens with zero attached hydrogens (tertiary/aromatic N) is 1. The Morgan fingerprint density at radius 1 is 1.17 bits per heavy atom. The van der Waals surface area contributed by atoms with Gasteiger partial charge in [-0.15, -0.1) is 6.42 Å². The molecule has 0 radical (unpaired) electrons. The van der Waals surface area contributed by atoms with E-state index >= 15 is 0 Å². The van der Waals surface area contributed by atoms with Crippen molar-refractivity contribution < 1.29 is 4.79 Å². The Labute approximate surface area is 135 Å². The van der Waals surface area contributed by atoms with Crippen LogP contribution >= 0.6 is 0 Å². The molecule has 0 aliphatic heterocycles. The summed E-state index contributed by atoms with van der Waals surface area (Å²) in [6.07, 6.45) is 5.32. The summed E-state index contributed by atoms with van der Waals surface area (Å²) in [6, 6.07) is 14.8. The molecule has 2 aromatic rings. The third-order valence-corrected chi connectivity index (χ3v) is 3.00. The van der Waals surface area contributed by atoms with Gasteiger partial charge in [0.15, 0.2) is 5.96 Å². The molecule has 0 unspecified atom stereocenters. The van der Waals surface area contributed by atoms with E-state index in [4.69, 9.17) is 12.2 Å². The minimum absolute atomic E-state index is 0.0784. The van der Waals surface area contributed by atoms with E-state index in [0.717, 1.165) is 11.3 Å². The lowest BCUT2D eigenvalue weighted by Crippen LogP contribution is -2.25. The Balaban J connectivity index is 1.91. The fourth-order valence-corrected chi connectivity index (χ4v) is 1.95. The number of aryl methyl sites for hydroxylation is 1. The van der Waals surface area contributed by atoms with Crippen LogP contribution in [0.3, 0.4) is 0 Å². The maximum absolute atomic E-state index is 11.9. The van der Waals surface area contributed by atoms with Gasteiger partial charge in [-0.3, -0.25) is 4.79 Å². The lowest BCUT2D eigenvalue weighted by molar-refractivity contribution is -0.114. The smallest absolute Gasteiger partial charge is 0.246 e. The first-order valence-corrected chi connectivity index (χ1v) is 7.07. The molecular weight excluding hydrogens is 288 g/mol. The second kappa shape index (κ2) is 7.66. The van der Waals surface area contributed by atoms with Gasteiger partial charge in [0.25, 0.3) is 0 Å². The predicted molar refractivity (Wildman–Crippen MR) is 94.3 cm³/mol. The molecule has 2 aromatic carbocycles. The molecule has 0 aliphatic carbocycles. The summed E-state index contributed by atoms with van der Waals surface area (Å²) in [5, 5.41) is 5.66. The molecule has 0 saturated heterocycles. The summed E-state index contributed by atoms with van der Waals surface area (Å²) in [5.41, 5.74) is 9.04. The fourth-order valence-electron chi connectivity index (χ4n) is 1.95. The molecule has 0 heterocycles. The third kappa shape index (κ3) is 5.21. The molecule has 0 fully saturated rings. The highest BCUT2D eigenvalue weighted by Gasteiger charge is 2.02. The van der Waals surface area contributed by atoms with Crippen LogP contribution in [-0.2, 0) is 4.79 Å². The number of hydrogen-bond acceptors (Lipinski definition) is 2. The van der Waals surface area contributed by atoms with Gasteiger partial charge in [-0.25, -0.2) is 4.99 Å². The number of anilines is 2. The number of nitrogens with one attached hydrogen (secondary N) is 2. The average molecular weight is 306 g/mol. The van der Waals surface area contributed by atoms with Crippen molar-refractivity contribution >= 4 is 23.2 Å². The summed E-state index contributed by atoms with van der Waals surface area (Å²) in [6.45, 7) is 1.90. The molecular formula is C18H18N4O. The Hall–Kier alpha value is -3.26. The van der Waals surface area contributed by atoms with Gasteiger partial charge >= 0.3 is 0 Å². The second-order valence-electron chi connectivity index (χ2n) is 4.97. The minimum atomic E-state index is -0.270. The first-order chi connectivity index (χ1) is 11.1. The van der Waals surface area contributed by atoms with Crippen LogP contribution in [0.4, 0.5) is 11.4 Å². The number of carbonyl (C=O) groups excluding carboxylic acids is 1. The molecule has 0 bridgehead atoms. The van der Waals surface area contributed by atoms with Gasteiger partial charge in [-0.1, -0.05) is 24.1 Å². The topological polar surface area (TPSA) is 79.5 Å². The van der Waals surface area contributed by atoms with Crippen LogP contribution in [0.1, 0.15) is 11.1 Å². The number of rotatable bonds is 4. The summed E-state index contributed by atoms with van der Waals surface area (Å²) < 4.78 is 0. The third-order valence-electron chi connectivity index (χ3n) is 3.00. The largest absolute Gasteiger partial charge is 0.370 e. The first-order valence-electron chi connectivity index (χ1n) is 7.07. The van der Waals surface area contributed by atoms with Crippen LogP contribution in [0.25, 0.3) is 0 Å². The van der Waals surface area contributed by atoms with Crippen molar-refractivity contribution in [3.63, 3.8) is 0 Å². The molecule has 4 N–H and O–H groups in total. The molecule has 1 amide bonds. The van der Waals surface area contributed by atoms with Gasteiger partial charge in [0.1, 0.15) is 6.54 Å². The monoisotopic (exact) mass is 306 g/mol. The fraction of sp³-hybridized carbons (Fsp3) is 0.111. The van der Waals surface area contributed by atoms with E-state index in [1.54, 1.807) is 24.3 Å². The van der Waals surface area contributed by atoms with Gasteiger partial charge in [0.05, 0.1) is 0 Å². The van der Waals surface area contributed by atoms with Crippen molar-refractivity contribution in [3.05, 3.63) is 59.7 Å². The van der Waals surface area contributed by atoms with Crippen molar-refractivity contribution in [1.82, 2.24) is 0 Å². The zero-order chi connectivity index (χ0) is 16.7. The van der Waals surface area contributed by atoms with E-state index in [2.05, 4.69) is 21.5 Å². The normalized spacial score (nSPS) is 10.7. The van der Waals surface area contributed by atoms with E-state index in [-0.39, 0.29) is 18.4 Å². The lowest BCUT2D eigenvalue weighted by atomic mass is 10.2. The zero-order valence-corrected chi connectivity index (χ0v) is 12.8. The van der Waals surface area contributed by atoms with E-state index < -0.39 is 0 Å². The number of nitrogens with two attached hydrogens (primary N) is 1. The number of aliphatic imine (C=N–C) groups is 1. The summed E-state index contributed by atoms with van der Waals surface area (Å²) >= 11 is 0. The van der Waals surface area contributed by atoms with Crippen molar-refractivity contribution in [2.75, 3.05) is 17.2 Å². The number of terminal acetylenes is 1. The molecule has 116 valence electrons. The van der Waals surface area contributed by atoms with E-state index in [0.29, 0.717) is 11.3 Å². The molecule has 2 rings (SSSR count). The Morgan fingerprint density at radius 2 is 1.87 bits per heavy atom. The Kier molecular flexibility index (Phi) is 5.37. The number of amides is 1. The molecule has 0 atom stereocenters. The number of guanidine groups is 1. The highest BCUT2D eigenvalue weighted by atomic mass is 16.1. The lowest BCUT2D eigenvalue weighted by Gasteiger charge is -2.07. The maximum Gasteiger partial charge on any atom is 0.246 e.